The highest BCUT2D eigenvalue weighted by atomic mass is 16.4. The number of oxazole rings is 1. The fraction of sp³-hybridized carbons (Fsp3) is 0.667. The second-order valence-electron chi connectivity index (χ2n) is 5.55. The molecule has 1 heterocycles. The molecule has 0 spiro atoms. The third-order valence-electron chi connectivity index (χ3n) is 3.52. The fourth-order valence-electron chi connectivity index (χ4n) is 1.98. The number of hydrogen-bond acceptors (Lipinski definition) is 4. The van der Waals surface area contributed by atoms with Crippen LogP contribution < -0.4 is 16.0 Å². The smallest absolute Gasteiger partial charge is 0.220 e. The Bertz CT molecular complexity index is 515. The number of carbonyl (C=O) groups is 1. The lowest BCUT2D eigenvalue weighted by molar-refractivity contribution is -0.121. The van der Waals surface area contributed by atoms with E-state index < -0.39 is 0 Å². The Morgan fingerprint density at radius 1 is 1.36 bits per heavy atom. The van der Waals surface area contributed by atoms with Gasteiger partial charge in [-0.1, -0.05) is 0 Å². The maximum absolute atomic E-state index is 11.5. The molecule has 7 nitrogen and oxygen atoms in total. The molecule has 1 aromatic rings. The number of carbonyl (C=O) groups excluding carboxylic acids is 1. The van der Waals surface area contributed by atoms with Crippen LogP contribution in [-0.4, -0.2) is 36.5 Å². The van der Waals surface area contributed by atoms with E-state index in [0.29, 0.717) is 37.4 Å². The lowest BCUT2D eigenvalue weighted by atomic mass is 10.3. The van der Waals surface area contributed by atoms with E-state index in [1.807, 2.05) is 13.8 Å². The minimum atomic E-state index is 0.137. The summed E-state index contributed by atoms with van der Waals surface area (Å²) in [5.74, 6) is 2.29. The second-order valence-corrected chi connectivity index (χ2v) is 5.55. The molecule has 1 aromatic heterocycles. The molecule has 1 saturated carbocycles. The molecule has 1 amide bonds. The van der Waals surface area contributed by atoms with Crippen molar-refractivity contribution in [1.29, 1.82) is 0 Å². The van der Waals surface area contributed by atoms with Crippen LogP contribution in [-0.2, 0) is 11.3 Å². The van der Waals surface area contributed by atoms with E-state index in [-0.39, 0.29) is 5.91 Å². The van der Waals surface area contributed by atoms with Gasteiger partial charge < -0.3 is 20.4 Å². The SMILES string of the molecule is CN=C(NCCCC(=O)NC1CC1)NCc1nc(C)c(C)o1. The van der Waals surface area contributed by atoms with Gasteiger partial charge in [0.25, 0.3) is 0 Å². The van der Waals surface area contributed by atoms with E-state index >= 15 is 0 Å². The van der Waals surface area contributed by atoms with E-state index in [0.717, 1.165) is 30.7 Å². The van der Waals surface area contributed by atoms with Gasteiger partial charge in [-0.15, -0.1) is 0 Å². The molecule has 0 aliphatic heterocycles. The number of aliphatic imine (C=N–C) groups is 1. The summed E-state index contributed by atoms with van der Waals surface area (Å²) in [6.07, 6.45) is 3.57. The van der Waals surface area contributed by atoms with Crippen LogP contribution in [0.25, 0.3) is 0 Å². The van der Waals surface area contributed by atoms with Gasteiger partial charge >= 0.3 is 0 Å². The van der Waals surface area contributed by atoms with Crippen molar-refractivity contribution in [3.63, 3.8) is 0 Å². The summed E-state index contributed by atoms with van der Waals surface area (Å²) >= 11 is 0. The summed E-state index contributed by atoms with van der Waals surface area (Å²) in [7, 11) is 1.71. The molecule has 1 aliphatic rings. The Kier molecular flexibility index (Phi) is 5.80. The first-order chi connectivity index (χ1) is 10.6. The van der Waals surface area contributed by atoms with Gasteiger partial charge in [-0.25, -0.2) is 4.98 Å². The first-order valence-electron chi connectivity index (χ1n) is 7.75. The second kappa shape index (κ2) is 7.82. The first-order valence-corrected chi connectivity index (χ1v) is 7.75. The van der Waals surface area contributed by atoms with E-state index in [1.165, 1.54) is 0 Å². The number of guanidine groups is 1. The molecule has 0 saturated heterocycles. The molecule has 1 fully saturated rings. The van der Waals surface area contributed by atoms with E-state index in [9.17, 15) is 4.79 Å². The monoisotopic (exact) mass is 307 g/mol. The van der Waals surface area contributed by atoms with Crippen molar-refractivity contribution in [1.82, 2.24) is 20.9 Å². The largest absolute Gasteiger partial charge is 0.444 e. The molecule has 0 radical (unpaired) electrons. The summed E-state index contributed by atoms with van der Waals surface area (Å²) in [5.41, 5.74) is 0.904. The van der Waals surface area contributed by atoms with Crippen LogP contribution in [0.4, 0.5) is 0 Å². The molecule has 2 rings (SSSR count). The molecule has 0 bridgehead atoms. The average molecular weight is 307 g/mol. The van der Waals surface area contributed by atoms with Gasteiger partial charge in [0.05, 0.1) is 12.2 Å². The van der Waals surface area contributed by atoms with Gasteiger partial charge in [0.15, 0.2) is 5.96 Å². The molecule has 122 valence electrons. The summed E-state index contributed by atoms with van der Waals surface area (Å²) in [6, 6.07) is 0.433. The Hall–Kier alpha value is -2.05. The minimum Gasteiger partial charge on any atom is -0.444 e. The van der Waals surface area contributed by atoms with Crippen LogP contribution in [0.2, 0.25) is 0 Å². The van der Waals surface area contributed by atoms with Gasteiger partial charge in [-0.2, -0.15) is 0 Å². The maximum Gasteiger partial charge on any atom is 0.220 e. The molecule has 0 aromatic carbocycles. The van der Waals surface area contributed by atoms with Crippen LogP contribution in [0.5, 0.6) is 0 Å². The average Bonchev–Trinajstić information content (AvgIpc) is 3.23. The van der Waals surface area contributed by atoms with Gasteiger partial charge in [-0.3, -0.25) is 9.79 Å². The van der Waals surface area contributed by atoms with Gasteiger partial charge in [-0.05, 0) is 33.1 Å². The minimum absolute atomic E-state index is 0.137. The van der Waals surface area contributed by atoms with Crippen LogP contribution in [0, 0.1) is 13.8 Å². The standard InChI is InChI=1S/C15H25N5O2/c1-10-11(2)22-14(19-10)9-18-15(16-3)17-8-4-5-13(21)20-12-6-7-12/h12H,4-9H2,1-3H3,(H,20,21)(H2,16,17,18). The number of aromatic nitrogens is 1. The molecule has 3 N–H and O–H groups in total. The van der Waals surface area contributed by atoms with Crippen molar-refractivity contribution < 1.29 is 9.21 Å². The summed E-state index contributed by atoms with van der Waals surface area (Å²) in [6.45, 7) is 4.99. The number of nitrogens with one attached hydrogen (secondary N) is 3. The summed E-state index contributed by atoms with van der Waals surface area (Å²) in [4.78, 5) is 20.0. The van der Waals surface area contributed by atoms with Crippen molar-refractivity contribution in [3.8, 4) is 0 Å². The fourth-order valence-corrected chi connectivity index (χ4v) is 1.98. The molecular formula is C15H25N5O2. The highest BCUT2D eigenvalue weighted by Crippen LogP contribution is 2.18. The number of nitrogens with zero attached hydrogens (tertiary/aromatic N) is 2. The zero-order chi connectivity index (χ0) is 15.9. The highest BCUT2D eigenvalue weighted by molar-refractivity contribution is 5.79. The van der Waals surface area contributed by atoms with Crippen molar-refractivity contribution >= 4 is 11.9 Å². The zero-order valence-electron chi connectivity index (χ0n) is 13.5. The van der Waals surface area contributed by atoms with Gasteiger partial charge in [0.2, 0.25) is 11.8 Å². The molecule has 7 heteroatoms. The Labute approximate surface area is 131 Å². The van der Waals surface area contributed by atoms with Crippen LogP contribution >= 0.6 is 0 Å². The number of aryl methyl sites for hydroxylation is 2. The molecule has 0 unspecified atom stereocenters. The van der Waals surface area contributed by atoms with E-state index in [2.05, 4.69) is 25.9 Å². The van der Waals surface area contributed by atoms with E-state index in [4.69, 9.17) is 4.42 Å². The van der Waals surface area contributed by atoms with Crippen LogP contribution in [0.15, 0.2) is 9.41 Å². The van der Waals surface area contributed by atoms with Crippen molar-refractivity contribution in [2.45, 2.75) is 52.1 Å². The Morgan fingerprint density at radius 2 is 2.14 bits per heavy atom. The van der Waals surface area contributed by atoms with Crippen LogP contribution in [0.3, 0.4) is 0 Å². The maximum atomic E-state index is 11.5. The highest BCUT2D eigenvalue weighted by Gasteiger charge is 2.22. The normalized spacial score (nSPS) is 14.8. The lowest BCUT2D eigenvalue weighted by Crippen LogP contribution is -2.37. The predicted molar refractivity (Wildman–Crippen MR) is 84.6 cm³/mol. The topological polar surface area (TPSA) is 91.5 Å². The van der Waals surface area contributed by atoms with Gasteiger partial charge in [0, 0.05) is 26.1 Å². The summed E-state index contributed by atoms with van der Waals surface area (Å²) in [5, 5.41) is 9.29. The van der Waals surface area contributed by atoms with Gasteiger partial charge in [0.1, 0.15) is 5.76 Å². The third-order valence-corrected chi connectivity index (χ3v) is 3.52. The quantitative estimate of drug-likeness (QED) is 0.397. The molecule has 22 heavy (non-hydrogen) atoms. The van der Waals surface area contributed by atoms with Crippen molar-refractivity contribution in [2.24, 2.45) is 4.99 Å². The molecular weight excluding hydrogens is 282 g/mol. The first kappa shape index (κ1) is 16.3. The molecule has 1 aliphatic carbocycles. The van der Waals surface area contributed by atoms with Crippen LogP contribution in [0.1, 0.15) is 43.0 Å². The third kappa shape index (κ3) is 5.38. The van der Waals surface area contributed by atoms with E-state index in [1.54, 1.807) is 7.05 Å². The lowest BCUT2D eigenvalue weighted by Gasteiger charge is -2.10. The Morgan fingerprint density at radius 3 is 2.73 bits per heavy atom. The Balaban J connectivity index is 1.61. The van der Waals surface area contributed by atoms with Crippen molar-refractivity contribution in [3.05, 3.63) is 17.3 Å². The zero-order valence-corrected chi connectivity index (χ0v) is 13.5. The number of amides is 1. The molecule has 0 atom stereocenters. The number of rotatable bonds is 7. The van der Waals surface area contributed by atoms with Crippen molar-refractivity contribution in [2.75, 3.05) is 13.6 Å². The predicted octanol–water partition coefficient (Wildman–Crippen LogP) is 1.02. The summed E-state index contributed by atoms with van der Waals surface area (Å²) < 4.78 is 5.50. The number of hydrogen-bond donors (Lipinski definition) is 3.